The van der Waals surface area contributed by atoms with Crippen LogP contribution >= 0.6 is 0 Å². The standard InChI is InChI=1S/C47H56N8O8/c1-30(2)55(31(3)4)63-45(6,27-48)61-40-39-42(53-26-32(5)41(56)51-44(53)57)62-46(40,28-54(39)38-24-25-49-43(50-38)52(7)8)29-60-47(33-14-12-11-13-15-33,34-16-20-36(58-9)21-17-34)35-18-22-37(59-10)23-19-35/h11-26,30-31,39-40,42H,28-29H2,1-10H3,(H,51,56,57)/t39-,40+,42-,45?,46-/m1/s1. The Kier molecular flexibility index (Phi) is 12.8. The Balaban J connectivity index is 1.46. The van der Waals surface area contributed by atoms with Crippen LogP contribution in [0.3, 0.4) is 0 Å². The Morgan fingerprint density at radius 3 is 2.05 bits per heavy atom. The molecule has 7 rings (SSSR count). The van der Waals surface area contributed by atoms with Crippen molar-refractivity contribution in [2.24, 2.45) is 0 Å². The average molecular weight is 861 g/mol. The fourth-order valence-corrected chi connectivity index (χ4v) is 8.58. The van der Waals surface area contributed by atoms with Crippen LogP contribution in [0.2, 0.25) is 0 Å². The molecular weight excluding hydrogens is 805 g/mol. The maximum atomic E-state index is 13.9. The Bertz CT molecular complexity index is 2470. The van der Waals surface area contributed by atoms with E-state index in [-0.39, 0.29) is 25.2 Å². The van der Waals surface area contributed by atoms with Crippen LogP contribution in [-0.2, 0) is 24.6 Å². The molecule has 1 unspecified atom stereocenters. The molecule has 0 amide bonds. The summed E-state index contributed by atoms with van der Waals surface area (Å²) in [6, 6.07) is 28.2. The van der Waals surface area contributed by atoms with Gasteiger partial charge in [-0.3, -0.25) is 14.3 Å². The van der Waals surface area contributed by atoms with Crippen molar-refractivity contribution in [3.8, 4) is 17.6 Å². The summed E-state index contributed by atoms with van der Waals surface area (Å²) in [6.45, 7) is 11.0. The average Bonchev–Trinajstić information content (AvgIpc) is 3.75. The van der Waals surface area contributed by atoms with Crippen LogP contribution < -0.4 is 30.5 Å². The zero-order chi connectivity index (χ0) is 45.3. The lowest BCUT2D eigenvalue weighted by Gasteiger charge is -2.42. The van der Waals surface area contributed by atoms with Crippen molar-refractivity contribution in [3.05, 3.63) is 140 Å². The Morgan fingerprint density at radius 1 is 0.921 bits per heavy atom. The molecule has 16 heteroatoms. The normalized spacial score (nSPS) is 20.6. The number of methoxy groups -OCH3 is 2. The minimum Gasteiger partial charge on any atom is -0.497 e. The number of H-pyrrole nitrogens is 1. The SMILES string of the molecule is COc1ccc(C(OC[C@@]23CN(c4ccnc(N(C)C)n4)[C@@H]([C@H](n4cc(C)c(=O)[nH]c4=O)O2)[C@@H]3OC(C)(C#N)ON(C(C)C)C(C)C)(c2ccccc2)c2ccc(OC)cc2)cc1. The van der Waals surface area contributed by atoms with Crippen LogP contribution in [0.25, 0.3) is 0 Å². The lowest BCUT2D eigenvalue weighted by Crippen LogP contribution is -2.54. The monoisotopic (exact) mass is 860 g/mol. The van der Waals surface area contributed by atoms with E-state index in [9.17, 15) is 14.9 Å². The van der Waals surface area contributed by atoms with E-state index in [1.165, 1.54) is 10.8 Å². The van der Waals surface area contributed by atoms with Crippen LogP contribution in [-0.4, -0.2) is 102 Å². The minimum absolute atomic E-state index is 0.118. The number of ether oxygens (including phenoxy) is 5. The molecule has 2 saturated heterocycles. The number of aryl methyl sites for hydroxylation is 1. The summed E-state index contributed by atoms with van der Waals surface area (Å²) in [5, 5.41) is 12.7. The number of aromatic amines is 1. The first-order valence-corrected chi connectivity index (χ1v) is 20.9. The summed E-state index contributed by atoms with van der Waals surface area (Å²) >= 11 is 0. The molecule has 332 valence electrons. The van der Waals surface area contributed by atoms with E-state index in [1.807, 2.05) is 126 Å². The maximum Gasteiger partial charge on any atom is 0.330 e. The number of hydrogen-bond donors (Lipinski definition) is 1. The number of hydrogen-bond acceptors (Lipinski definition) is 14. The largest absolute Gasteiger partial charge is 0.497 e. The van der Waals surface area contributed by atoms with Gasteiger partial charge < -0.3 is 33.5 Å². The molecule has 5 aromatic rings. The number of fused-ring (bicyclic) bond motifs is 2. The molecule has 4 heterocycles. The van der Waals surface area contributed by atoms with Crippen LogP contribution in [0, 0.1) is 18.3 Å². The second-order valence-corrected chi connectivity index (χ2v) is 16.8. The molecule has 2 bridgehead atoms. The van der Waals surface area contributed by atoms with Crippen molar-refractivity contribution < 1.29 is 28.5 Å². The van der Waals surface area contributed by atoms with Crippen molar-refractivity contribution in [2.45, 2.75) is 89.0 Å². The first-order chi connectivity index (χ1) is 30.1. The number of rotatable bonds is 17. The molecule has 0 saturated carbocycles. The highest BCUT2D eigenvalue weighted by atomic mass is 16.8. The van der Waals surface area contributed by atoms with E-state index in [2.05, 4.69) is 16.0 Å². The summed E-state index contributed by atoms with van der Waals surface area (Å²) in [4.78, 5) is 48.8. The number of nitrogens with one attached hydrogen (secondary N) is 1. The first kappa shape index (κ1) is 44.9. The summed E-state index contributed by atoms with van der Waals surface area (Å²) < 4.78 is 34.3. The van der Waals surface area contributed by atoms with Gasteiger partial charge >= 0.3 is 5.69 Å². The highest BCUT2D eigenvalue weighted by Gasteiger charge is 2.68. The summed E-state index contributed by atoms with van der Waals surface area (Å²) in [5.74, 6) is 0.419. The first-order valence-electron chi connectivity index (χ1n) is 20.9. The van der Waals surface area contributed by atoms with Gasteiger partial charge in [0.05, 0.1) is 27.4 Å². The second-order valence-electron chi connectivity index (χ2n) is 16.8. The van der Waals surface area contributed by atoms with Crippen LogP contribution in [0.1, 0.15) is 63.1 Å². The fourth-order valence-electron chi connectivity index (χ4n) is 8.58. The van der Waals surface area contributed by atoms with E-state index in [0.29, 0.717) is 28.8 Å². The van der Waals surface area contributed by atoms with E-state index in [4.69, 9.17) is 33.5 Å². The Labute approximate surface area is 367 Å². The summed E-state index contributed by atoms with van der Waals surface area (Å²) in [6.07, 6.45) is 1.03. The van der Waals surface area contributed by atoms with E-state index >= 15 is 0 Å². The number of nitriles is 1. The molecule has 0 radical (unpaired) electrons. The smallest absolute Gasteiger partial charge is 0.330 e. The topological polar surface area (TPSA) is 170 Å². The van der Waals surface area contributed by atoms with Gasteiger partial charge in [-0.15, -0.1) is 0 Å². The molecular formula is C47H56N8O8. The highest BCUT2D eigenvalue weighted by Crippen LogP contribution is 2.52. The minimum atomic E-state index is -1.87. The quantitative estimate of drug-likeness (QED) is 0.0701. The summed E-state index contributed by atoms with van der Waals surface area (Å²) in [7, 11) is 6.92. The maximum absolute atomic E-state index is 13.9. The van der Waals surface area contributed by atoms with Gasteiger partial charge in [0, 0.05) is 51.1 Å². The lowest BCUT2D eigenvalue weighted by molar-refractivity contribution is -0.348. The molecule has 1 N–H and O–H groups in total. The number of benzene rings is 3. The van der Waals surface area contributed by atoms with Crippen molar-refractivity contribution in [1.82, 2.24) is 24.6 Å². The van der Waals surface area contributed by atoms with Crippen molar-refractivity contribution >= 4 is 11.8 Å². The fraction of sp³-hybridized carbons (Fsp3) is 0.426. The van der Waals surface area contributed by atoms with E-state index < -0.39 is 46.6 Å². The molecule has 3 aromatic carbocycles. The molecule has 2 aliphatic rings. The number of morpholine rings is 1. The van der Waals surface area contributed by atoms with Crippen molar-refractivity contribution in [1.29, 1.82) is 5.26 Å². The van der Waals surface area contributed by atoms with Crippen molar-refractivity contribution in [2.75, 3.05) is 51.3 Å². The van der Waals surface area contributed by atoms with Gasteiger partial charge in [0.25, 0.3) is 11.3 Å². The molecule has 63 heavy (non-hydrogen) atoms. The molecule has 0 aliphatic carbocycles. The zero-order valence-corrected chi connectivity index (χ0v) is 37.4. The second kappa shape index (κ2) is 17.9. The molecule has 2 aliphatic heterocycles. The van der Waals surface area contributed by atoms with Gasteiger partial charge in [-0.25, -0.2) is 14.6 Å². The third-order valence-electron chi connectivity index (χ3n) is 11.6. The molecule has 0 spiro atoms. The molecule has 5 atom stereocenters. The number of aromatic nitrogens is 4. The van der Waals surface area contributed by atoms with Gasteiger partial charge in [0.2, 0.25) is 5.95 Å². The van der Waals surface area contributed by atoms with Crippen molar-refractivity contribution in [3.63, 3.8) is 0 Å². The van der Waals surface area contributed by atoms with Gasteiger partial charge in [0.1, 0.15) is 46.7 Å². The lowest BCUT2D eigenvalue weighted by atomic mass is 9.79. The predicted octanol–water partition coefficient (Wildman–Crippen LogP) is 5.56. The number of anilines is 2. The van der Waals surface area contributed by atoms with E-state index in [0.717, 1.165) is 16.7 Å². The van der Waals surface area contributed by atoms with Crippen LogP contribution in [0.15, 0.2) is 107 Å². The van der Waals surface area contributed by atoms with E-state index in [1.54, 1.807) is 50.3 Å². The van der Waals surface area contributed by atoms with Gasteiger partial charge in [-0.1, -0.05) is 54.6 Å². The van der Waals surface area contributed by atoms with Crippen LogP contribution in [0.4, 0.5) is 11.8 Å². The molecule has 2 aromatic heterocycles. The van der Waals surface area contributed by atoms with Gasteiger partial charge in [0.15, 0.2) is 6.23 Å². The number of nitrogens with zero attached hydrogens (tertiary/aromatic N) is 7. The highest BCUT2D eigenvalue weighted by molar-refractivity contribution is 5.52. The number of hydroxylamine groups is 2. The third-order valence-corrected chi connectivity index (χ3v) is 11.6. The zero-order valence-electron chi connectivity index (χ0n) is 37.4. The predicted molar refractivity (Wildman–Crippen MR) is 237 cm³/mol. The van der Waals surface area contributed by atoms with Gasteiger partial charge in [-0.05, 0) is 81.6 Å². The third kappa shape index (κ3) is 8.54. The molecule has 16 nitrogen and oxygen atoms in total. The Hall–Kier alpha value is -6.09. The molecule has 2 fully saturated rings. The Morgan fingerprint density at radius 2 is 1.51 bits per heavy atom. The van der Waals surface area contributed by atoms with Gasteiger partial charge in [-0.2, -0.15) is 15.3 Å². The van der Waals surface area contributed by atoms with Crippen LogP contribution in [0.5, 0.6) is 11.5 Å². The summed E-state index contributed by atoms with van der Waals surface area (Å²) in [5.41, 5.74) is -1.27.